The van der Waals surface area contributed by atoms with Gasteiger partial charge < -0.3 is 5.32 Å². The molecule has 22 heavy (non-hydrogen) atoms. The van der Waals surface area contributed by atoms with E-state index in [1.807, 2.05) is 42.1 Å². The molecule has 0 saturated heterocycles. The number of nitrogens with one attached hydrogen (secondary N) is 2. The molecule has 0 aliphatic heterocycles. The van der Waals surface area contributed by atoms with Crippen molar-refractivity contribution in [2.24, 2.45) is 0 Å². The molecular formula is C15H18N4OS2. The van der Waals surface area contributed by atoms with Crippen LogP contribution in [0.1, 0.15) is 19.3 Å². The summed E-state index contributed by atoms with van der Waals surface area (Å²) >= 11 is 3.07. The van der Waals surface area contributed by atoms with Crippen molar-refractivity contribution in [2.45, 2.75) is 30.6 Å². The molecule has 1 aromatic carbocycles. The molecule has 0 spiro atoms. The highest BCUT2D eigenvalue weighted by Crippen LogP contribution is 2.28. The molecule has 3 rings (SSSR count). The highest BCUT2D eigenvalue weighted by molar-refractivity contribution is 7.99. The first-order chi connectivity index (χ1) is 10.7. The summed E-state index contributed by atoms with van der Waals surface area (Å²) in [4.78, 5) is 16.4. The molecule has 1 saturated carbocycles. The smallest absolute Gasteiger partial charge is 0.321 e. The fraction of sp³-hybridized carbons (Fsp3) is 0.400. The molecule has 2 N–H and O–H groups in total. The third kappa shape index (κ3) is 3.78. The molecule has 2 atom stereocenters. The highest BCUT2D eigenvalue weighted by Gasteiger charge is 2.25. The molecule has 0 bridgehead atoms. The lowest BCUT2D eigenvalue weighted by atomic mass is 10.2. The number of hydrogen-bond donors (Lipinski definition) is 2. The maximum absolute atomic E-state index is 12.0. The molecule has 2 unspecified atom stereocenters. The lowest BCUT2D eigenvalue weighted by Crippen LogP contribution is -2.36. The van der Waals surface area contributed by atoms with Crippen molar-refractivity contribution >= 4 is 34.5 Å². The van der Waals surface area contributed by atoms with Gasteiger partial charge in [-0.1, -0.05) is 30.3 Å². The molecule has 1 fully saturated rings. The normalized spacial score (nSPS) is 20.8. The summed E-state index contributed by atoms with van der Waals surface area (Å²) in [5.74, 6) is 0.643. The van der Waals surface area contributed by atoms with E-state index < -0.39 is 0 Å². The van der Waals surface area contributed by atoms with Crippen molar-refractivity contribution in [3.8, 4) is 11.4 Å². The minimum absolute atomic E-state index is 0.192. The van der Waals surface area contributed by atoms with Crippen LogP contribution in [0.15, 0.2) is 30.3 Å². The van der Waals surface area contributed by atoms with Crippen LogP contribution in [0.25, 0.3) is 11.4 Å². The summed E-state index contributed by atoms with van der Waals surface area (Å²) in [6.07, 6.45) is 5.38. The molecule has 7 heteroatoms. The SMILES string of the molecule is CSC1CCC(NC(=O)Nc2nc(-c3ccccc3)ns2)C1. The Morgan fingerprint density at radius 2 is 2.14 bits per heavy atom. The minimum atomic E-state index is -0.192. The van der Waals surface area contributed by atoms with Crippen LogP contribution in [0.5, 0.6) is 0 Å². The molecule has 1 aromatic heterocycles. The predicted molar refractivity (Wildman–Crippen MR) is 92.4 cm³/mol. The van der Waals surface area contributed by atoms with Gasteiger partial charge in [0.2, 0.25) is 5.13 Å². The molecular weight excluding hydrogens is 316 g/mol. The van der Waals surface area contributed by atoms with Crippen molar-refractivity contribution in [3.05, 3.63) is 30.3 Å². The Hall–Kier alpha value is -1.60. The fourth-order valence-electron chi connectivity index (χ4n) is 2.58. The number of rotatable bonds is 4. The molecule has 1 aliphatic carbocycles. The van der Waals surface area contributed by atoms with Gasteiger partial charge in [0.05, 0.1) is 0 Å². The van der Waals surface area contributed by atoms with Gasteiger partial charge in [-0.2, -0.15) is 21.1 Å². The Balaban J connectivity index is 1.55. The molecule has 5 nitrogen and oxygen atoms in total. The maximum Gasteiger partial charge on any atom is 0.321 e. The van der Waals surface area contributed by atoms with Crippen LogP contribution in [-0.4, -0.2) is 32.9 Å². The van der Waals surface area contributed by atoms with Gasteiger partial charge in [-0.15, -0.1) is 0 Å². The number of nitrogens with zero attached hydrogens (tertiary/aromatic N) is 2. The van der Waals surface area contributed by atoms with Crippen LogP contribution in [0.2, 0.25) is 0 Å². The standard InChI is InChI=1S/C15H18N4OS2/c1-21-12-8-7-11(9-12)16-14(20)18-15-17-13(19-22-15)10-5-3-2-4-6-10/h2-6,11-12H,7-9H2,1H3,(H2,16,17,18,19,20). The zero-order chi connectivity index (χ0) is 15.4. The van der Waals surface area contributed by atoms with E-state index in [9.17, 15) is 4.79 Å². The first-order valence-corrected chi connectivity index (χ1v) is 9.30. The first kappa shape index (κ1) is 15.3. The second-order valence-electron chi connectivity index (χ2n) is 5.26. The number of amides is 2. The first-order valence-electron chi connectivity index (χ1n) is 7.24. The zero-order valence-corrected chi connectivity index (χ0v) is 13.9. The van der Waals surface area contributed by atoms with Crippen molar-refractivity contribution < 1.29 is 4.79 Å². The molecule has 2 aromatic rings. The lowest BCUT2D eigenvalue weighted by molar-refractivity contribution is 0.248. The highest BCUT2D eigenvalue weighted by atomic mass is 32.2. The molecule has 1 aliphatic rings. The van der Waals surface area contributed by atoms with E-state index in [1.165, 1.54) is 18.0 Å². The van der Waals surface area contributed by atoms with Gasteiger partial charge >= 0.3 is 6.03 Å². The summed E-state index contributed by atoms with van der Waals surface area (Å²) in [5.41, 5.74) is 0.950. The Labute approximate surface area is 138 Å². The van der Waals surface area contributed by atoms with Gasteiger partial charge in [0.15, 0.2) is 5.82 Å². The van der Waals surface area contributed by atoms with Gasteiger partial charge in [-0.05, 0) is 25.5 Å². The number of aromatic nitrogens is 2. The number of hydrogen-bond acceptors (Lipinski definition) is 5. The second-order valence-corrected chi connectivity index (χ2v) is 7.15. The fourth-order valence-corrected chi connectivity index (χ4v) is 3.96. The van der Waals surface area contributed by atoms with Crippen LogP contribution < -0.4 is 10.6 Å². The number of benzene rings is 1. The summed E-state index contributed by atoms with van der Waals surface area (Å²) in [5, 5.41) is 6.98. The van der Waals surface area contributed by atoms with E-state index >= 15 is 0 Å². The molecule has 1 heterocycles. The topological polar surface area (TPSA) is 66.9 Å². The number of carbonyl (C=O) groups excluding carboxylic acids is 1. The largest absolute Gasteiger partial charge is 0.335 e. The van der Waals surface area contributed by atoms with Crippen LogP contribution >= 0.6 is 23.3 Å². The number of carbonyl (C=O) groups is 1. The average Bonchev–Trinajstić information content (AvgIpc) is 3.17. The van der Waals surface area contributed by atoms with E-state index in [-0.39, 0.29) is 12.1 Å². The quantitative estimate of drug-likeness (QED) is 0.896. The average molecular weight is 334 g/mol. The van der Waals surface area contributed by atoms with Gasteiger partial charge in [0, 0.05) is 28.4 Å². The molecule has 2 amide bonds. The van der Waals surface area contributed by atoms with E-state index in [4.69, 9.17) is 0 Å². The number of urea groups is 1. The Bertz CT molecular complexity index is 631. The van der Waals surface area contributed by atoms with E-state index in [0.717, 1.165) is 18.4 Å². The summed E-state index contributed by atoms with van der Waals surface area (Å²) in [6.45, 7) is 0. The summed E-state index contributed by atoms with van der Waals surface area (Å²) in [7, 11) is 0. The Kier molecular flexibility index (Phi) is 4.94. The molecule has 0 radical (unpaired) electrons. The monoisotopic (exact) mass is 334 g/mol. The van der Waals surface area contributed by atoms with E-state index in [1.54, 1.807) is 0 Å². The Morgan fingerprint density at radius 1 is 1.32 bits per heavy atom. The number of thioether (sulfide) groups is 1. The predicted octanol–water partition coefficient (Wildman–Crippen LogP) is 3.61. The van der Waals surface area contributed by atoms with Crippen molar-refractivity contribution in [1.29, 1.82) is 0 Å². The van der Waals surface area contributed by atoms with Crippen molar-refractivity contribution in [3.63, 3.8) is 0 Å². The third-order valence-electron chi connectivity index (χ3n) is 3.73. The summed E-state index contributed by atoms with van der Waals surface area (Å²) in [6, 6.07) is 9.81. The van der Waals surface area contributed by atoms with Gasteiger partial charge in [0.1, 0.15) is 0 Å². The van der Waals surface area contributed by atoms with Gasteiger partial charge in [-0.25, -0.2) is 4.79 Å². The summed E-state index contributed by atoms with van der Waals surface area (Å²) < 4.78 is 4.28. The lowest BCUT2D eigenvalue weighted by Gasteiger charge is -2.12. The second kappa shape index (κ2) is 7.11. The minimum Gasteiger partial charge on any atom is -0.335 e. The zero-order valence-electron chi connectivity index (χ0n) is 12.3. The Morgan fingerprint density at radius 3 is 2.86 bits per heavy atom. The van der Waals surface area contributed by atoms with Gasteiger partial charge in [-0.3, -0.25) is 5.32 Å². The van der Waals surface area contributed by atoms with Crippen molar-refractivity contribution in [1.82, 2.24) is 14.7 Å². The van der Waals surface area contributed by atoms with Gasteiger partial charge in [0.25, 0.3) is 0 Å². The van der Waals surface area contributed by atoms with E-state index in [2.05, 4.69) is 26.2 Å². The van der Waals surface area contributed by atoms with Crippen LogP contribution in [-0.2, 0) is 0 Å². The van der Waals surface area contributed by atoms with Crippen LogP contribution in [0.4, 0.5) is 9.93 Å². The third-order valence-corrected chi connectivity index (χ3v) is 5.46. The maximum atomic E-state index is 12.0. The van der Waals surface area contributed by atoms with Crippen molar-refractivity contribution in [2.75, 3.05) is 11.6 Å². The van der Waals surface area contributed by atoms with E-state index in [0.29, 0.717) is 16.2 Å². The number of anilines is 1. The van der Waals surface area contributed by atoms with Crippen LogP contribution in [0, 0.1) is 0 Å². The molecule has 116 valence electrons. The van der Waals surface area contributed by atoms with Crippen LogP contribution in [0.3, 0.4) is 0 Å².